The Morgan fingerprint density at radius 2 is 1.90 bits per heavy atom. The zero-order valence-electron chi connectivity index (χ0n) is 18.3. The third-order valence-electron chi connectivity index (χ3n) is 5.47. The molecule has 1 heterocycles. The molecule has 1 N–H and O–H groups in total. The Bertz CT molecular complexity index is 822. The number of hydrogen-bond acceptors (Lipinski definition) is 6. The first kappa shape index (κ1) is 25.8. The minimum atomic E-state index is -1.01. The highest BCUT2D eigenvalue weighted by Gasteiger charge is 2.26. The highest BCUT2D eigenvalue weighted by molar-refractivity contribution is 14.0. The maximum Gasteiger partial charge on any atom is 0.335 e. The molecular weight excluding hydrogens is 513 g/mol. The summed E-state index contributed by atoms with van der Waals surface area (Å²) in [5.41, 5.74) is 2.99. The average Bonchev–Trinajstić information content (AvgIpc) is 3.16. The van der Waals surface area contributed by atoms with Gasteiger partial charge in [-0.1, -0.05) is 24.6 Å². The molecular formula is C23H32INO6. The first-order valence-corrected chi connectivity index (χ1v) is 10.5. The van der Waals surface area contributed by atoms with Crippen LogP contribution in [0.5, 0.6) is 0 Å². The van der Waals surface area contributed by atoms with E-state index in [2.05, 4.69) is 4.98 Å². The van der Waals surface area contributed by atoms with E-state index in [4.69, 9.17) is 23.7 Å². The van der Waals surface area contributed by atoms with E-state index in [9.17, 15) is 4.79 Å². The van der Waals surface area contributed by atoms with Crippen LogP contribution in [-0.2, 0) is 32.0 Å². The molecule has 31 heavy (non-hydrogen) atoms. The van der Waals surface area contributed by atoms with E-state index in [1.165, 1.54) is 12.7 Å². The van der Waals surface area contributed by atoms with Crippen molar-refractivity contribution in [3.05, 3.63) is 41.3 Å². The molecule has 0 saturated heterocycles. The maximum atomic E-state index is 11.1. The topological polar surface area (TPSA) is 91.0 Å². The Hall–Kier alpha value is -1.49. The van der Waals surface area contributed by atoms with E-state index >= 15 is 0 Å². The third-order valence-corrected chi connectivity index (χ3v) is 5.47. The summed E-state index contributed by atoms with van der Waals surface area (Å²) >= 11 is 0. The number of halogens is 1. The number of nitrogens with zero attached hydrogens (tertiary/aromatic N) is 1. The van der Waals surface area contributed by atoms with Gasteiger partial charge < -0.3 is 23.7 Å². The molecule has 1 aromatic carbocycles. The summed E-state index contributed by atoms with van der Waals surface area (Å²) in [6.45, 7) is 4.54. The Balaban J connectivity index is 0.00000341. The highest BCUT2D eigenvalue weighted by Crippen LogP contribution is 2.27. The van der Waals surface area contributed by atoms with Crippen molar-refractivity contribution >= 4 is 29.9 Å². The maximum absolute atomic E-state index is 11.1. The van der Waals surface area contributed by atoms with Gasteiger partial charge in [0.05, 0.1) is 25.4 Å². The van der Waals surface area contributed by atoms with Gasteiger partial charge in [0.15, 0.2) is 6.10 Å². The van der Waals surface area contributed by atoms with E-state index in [0.717, 1.165) is 49.1 Å². The van der Waals surface area contributed by atoms with Gasteiger partial charge in [0, 0.05) is 19.1 Å². The van der Waals surface area contributed by atoms with Gasteiger partial charge in [0.1, 0.15) is 11.5 Å². The van der Waals surface area contributed by atoms with Crippen LogP contribution in [0.15, 0.2) is 28.7 Å². The molecule has 1 fully saturated rings. The van der Waals surface area contributed by atoms with Crippen LogP contribution >= 0.6 is 24.0 Å². The number of aryl methyl sites for hydroxylation is 2. The third kappa shape index (κ3) is 7.27. The molecule has 1 aliphatic carbocycles. The summed E-state index contributed by atoms with van der Waals surface area (Å²) in [4.78, 5) is 15.7. The number of oxazole rings is 1. The molecule has 0 radical (unpaired) electrons. The number of ether oxygens (including phenoxy) is 3. The largest absolute Gasteiger partial charge is 0.479 e. The zero-order chi connectivity index (χ0) is 21.5. The standard InChI is InChI=1S/C23H31NO6.HI/c1-4-20-19(24-22(30-20)16-10-8-15(2)9-11-16)13-28-17-6-5-7-18(12-17)29-14-21(27-3)23(25)26;/h8-11,17-18,21H,4-7,12-14H2,1-3H3,(H,25,26);1H/t17-,18+,21?;/m0./s1. The van der Waals surface area contributed by atoms with Crippen molar-refractivity contribution < 1.29 is 28.5 Å². The van der Waals surface area contributed by atoms with Crippen LogP contribution in [-0.4, -0.2) is 48.1 Å². The minimum absolute atomic E-state index is 0. The lowest BCUT2D eigenvalue weighted by Crippen LogP contribution is -2.34. The van der Waals surface area contributed by atoms with Crippen molar-refractivity contribution in [3.8, 4) is 11.5 Å². The zero-order valence-corrected chi connectivity index (χ0v) is 20.7. The molecule has 0 amide bonds. The fraction of sp³-hybridized carbons (Fsp3) is 0.565. The summed E-state index contributed by atoms with van der Waals surface area (Å²) in [6, 6.07) is 8.11. The van der Waals surface area contributed by atoms with Crippen molar-refractivity contribution in [2.75, 3.05) is 13.7 Å². The molecule has 1 unspecified atom stereocenters. The van der Waals surface area contributed by atoms with Crippen LogP contribution in [0.2, 0.25) is 0 Å². The molecule has 7 nitrogen and oxygen atoms in total. The van der Waals surface area contributed by atoms with E-state index in [0.29, 0.717) is 12.5 Å². The van der Waals surface area contributed by atoms with Crippen molar-refractivity contribution in [3.63, 3.8) is 0 Å². The number of carboxylic acids is 1. The predicted octanol–water partition coefficient (Wildman–Crippen LogP) is 4.77. The van der Waals surface area contributed by atoms with Gasteiger partial charge in [-0.15, -0.1) is 24.0 Å². The monoisotopic (exact) mass is 545 g/mol. The molecule has 3 atom stereocenters. The summed E-state index contributed by atoms with van der Waals surface area (Å²) < 4.78 is 22.8. The van der Waals surface area contributed by atoms with Crippen molar-refractivity contribution in [1.29, 1.82) is 0 Å². The molecule has 1 aliphatic rings. The molecule has 0 bridgehead atoms. The second kappa shape index (κ2) is 12.5. The second-order valence-electron chi connectivity index (χ2n) is 7.73. The van der Waals surface area contributed by atoms with E-state index in [1.54, 1.807) is 0 Å². The molecule has 2 aromatic rings. The number of methoxy groups -OCH3 is 1. The van der Waals surface area contributed by atoms with Gasteiger partial charge in [-0.05, 0) is 44.7 Å². The van der Waals surface area contributed by atoms with Crippen LogP contribution in [0.1, 0.15) is 49.6 Å². The van der Waals surface area contributed by atoms with Gasteiger partial charge in [0.25, 0.3) is 0 Å². The van der Waals surface area contributed by atoms with Crippen molar-refractivity contribution in [2.45, 2.75) is 70.9 Å². The first-order chi connectivity index (χ1) is 14.5. The number of aliphatic carboxylic acids is 1. The fourth-order valence-corrected chi connectivity index (χ4v) is 3.66. The SMILES string of the molecule is CCc1oc(-c2ccc(C)cc2)nc1CO[C@H]1CCC[C@@H](OCC(OC)C(=O)O)C1.I. The minimum Gasteiger partial charge on any atom is -0.479 e. The normalized spacial score (nSPS) is 19.6. The predicted molar refractivity (Wildman–Crippen MR) is 127 cm³/mol. The molecule has 3 rings (SSSR count). The average molecular weight is 545 g/mol. The van der Waals surface area contributed by atoms with Gasteiger partial charge in [-0.2, -0.15) is 0 Å². The number of benzene rings is 1. The summed E-state index contributed by atoms with van der Waals surface area (Å²) in [7, 11) is 1.38. The second-order valence-corrected chi connectivity index (χ2v) is 7.73. The van der Waals surface area contributed by atoms with Crippen LogP contribution in [0.25, 0.3) is 11.5 Å². The lowest BCUT2D eigenvalue weighted by atomic mass is 9.95. The quantitative estimate of drug-likeness (QED) is 0.430. The van der Waals surface area contributed by atoms with E-state index in [-0.39, 0.29) is 42.8 Å². The van der Waals surface area contributed by atoms with Gasteiger partial charge >= 0.3 is 5.97 Å². The Kier molecular flexibility index (Phi) is 10.4. The molecule has 1 aromatic heterocycles. The lowest BCUT2D eigenvalue weighted by Gasteiger charge is -2.29. The van der Waals surface area contributed by atoms with Gasteiger partial charge in [-0.3, -0.25) is 0 Å². The van der Waals surface area contributed by atoms with Crippen molar-refractivity contribution in [2.24, 2.45) is 0 Å². The smallest absolute Gasteiger partial charge is 0.335 e. The van der Waals surface area contributed by atoms with Crippen molar-refractivity contribution in [1.82, 2.24) is 4.98 Å². The summed E-state index contributed by atoms with van der Waals surface area (Å²) in [6.07, 6.45) is 3.42. The van der Waals surface area contributed by atoms with Crippen LogP contribution in [0.3, 0.4) is 0 Å². The number of carbonyl (C=O) groups is 1. The highest BCUT2D eigenvalue weighted by atomic mass is 127. The molecule has 1 saturated carbocycles. The van der Waals surface area contributed by atoms with Gasteiger partial charge in [-0.25, -0.2) is 9.78 Å². The van der Waals surface area contributed by atoms with Crippen LogP contribution in [0, 0.1) is 6.92 Å². The Morgan fingerprint density at radius 3 is 2.52 bits per heavy atom. The summed E-state index contributed by atoms with van der Waals surface area (Å²) in [5, 5.41) is 9.07. The molecule has 172 valence electrons. The van der Waals surface area contributed by atoms with Gasteiger partial charge in [0.2, 0.25) is 5.89 Å². The molecule has 0 spiro atoms. The number of carboxylic acid groups (broad SMARTS) is 1. The first-order valence-electron chi connectivity index (χ1n) is 10.5. The lowest BCUT2D eigenvalue weighted by molar-refractivity contribution is -0.155. The summed E-state index contributed by atoms with van der Waals surface area (Å²) in [5.74, 6) is 0.455. The van der Waals surface area contributed by atoms with Crippen LogP contribution in [0.4, 0.5) is 0 Å². The Labute approximate surface area is 200 Å². The molecule has 0 aliphatic heterocycles. The van der Waals surface area contributed by atoms with Crippen LogP contribution < -0.4 is 0 Å². The number of aromatic nitrogens is 1. The van der Waals surface area contributed by atoms with E-state index in [1.807, 2.05) is 38.1 Å². The van der Waals surface area contributed by atoms with E-state index < -0.39 is 12.1 Å². The fourth-order valence-electron chi connectivity index (χ4n) is 3.66. The number of hydrogen-bond donors (Lipinski definition) is 1. The Morgan fingerprint density at radius 1 is 1.23 bits per heavy atom. The molecule has 8 heteroatoms. The number of rotatable bonds is 10.